The molecule has 17 heavy (non-hydrogen) atoms. The lowest BCUT2D eigenvalue weighted by Gasteiger charge is -2.04. The molecule has 2 rings (SSSR count). The zero-order valence-corrected chi connectivity index (χ0v) is 9.94. The first-order valence-electron chi connectivity index (χ1n) is 4.62. The van der Waals surface area contributed by atoms with Crippen molar-refractivity contribution < 1.29 is 14.6 Å². The van der Waals surface area contributed by atoms with Gasteiger partial charge in [0.2, 0.25) is 0 Å². The number of aromatic nitrogens is 3. The lowest BCUT2D eigenvalue weighted by molar-refractivity contribution is 0.144. The predicted octanol–water partition coefficient (Wildman–Crippen LogP) is 2.22. The Kier molecular flexibility index (Phi) is 3.35. The van der Waals surface area contributed by atoms with Crippen LogP contribution in [0, 0.1) is 0 Å². The van der Waals surface area contributed by atoms with E-state index in [9.17, 15) is 4.79 Å². The van der Waals surface area contributed by atoms with Crippen LogP contribution >= 0.6 is 23.2 Å². The molecule has 0 amide bonds. The fraction of sp³-hybridized carbons (Fsp3) is 0.222. The molecule has 0 aliphatic heterocycles. The van der Waals surface area contributed by atoms with Gasteiger partial charge in [0.15, 0.2) is 5.65 Å². The molecule has 90 valence electrons. The predicted molar refractivity (Wildman–Crippen MR) is 61.1 cm³/mol. The second kappa shape index (κ2) is 4.77. The minimum absolute atomic E-state index is 0.0971. The van der Waals surface area contributed by atoms with Crippen molar-refractivity contribution in [3.63, 3.8) is 0 Å². The molecule has 0 unspecified atom stereocenters. The number of nitrogens with zero attached hydrogens (tertiary/aromatic N) is 3. The Morgan fingerprint density at radius 2 is 2.24 bits per heavy atom. The van der Waals surface area contributed by atoms with Crippen molar-refractivity contribution in [2.24, 2.45) is 0 Å². The summed E-state index contributed by atoms with van der Waals surface area (Å²) in [4.78, 5) is 10.4. The van der Waals surface area contributed by atoms with Gasteiger partial charge in [0.1, 0.15) is 16.7 Å². The average molecular weight is 276 g/mol. The molecule has 1 N–H and O–H groups in total. The molecule has 0 spiro atoms. The van der Waals surface area contributed by atoms with Gasteiger partial charge in [-0.3, -0.25) is 4.40 Å². The first kappa shape index (κ1) is 11.9. The molecule has 0 saturated carbocycles. The number of hydrogen-bond donors (Lipinski definition) is 1. The lowest BCUT2D eigenvalue weighted by atomic mass is 10.4. The normalized spacial score (nSPS) is 10.7. The van der Waals surface area contributed by atoms with E-state index < -0.39 is 6.16 Å². The van der Waals surface area contributed by atoms with Crippen molar-refractivity contribution in [3.05, 3.63) is 23.1 Å². The number of halogens is 2. The molecular weight excluding hydrogens is 269 g/mol. The molecule has 2 aromatic heterocycles. The summed E-state index contributed by atoms with van der Waals surface area (Å²) in [7, 11) is 0. The zero-order chi connectivity index (χ0) is 12.4. The Bertz CT molecular complexity index is 570. The van der Waals surface area contributed by atoms with Gasteiger partial charge in [0.05, 0.1) is 0 Å². The van der Waals surface area contributed by atoms with Crippen LogP contribution in [0.25, 0.3) is 5.65 Å². The van der Waals surface area contributed by atoms with Crippen LogP contribution in [-0.4, -0.2) is 31.7 Å². The number of rotatable bonds is 3. The quantitative estimate of drug-likeness (QED) is 0.528. The molecule has 0 saturated heterocycles. The largest absolute Gasteiger partial charge is 0.511 e. The van der Waals surface area contributed by atoms with Crippen molar-refractivity contribution >= 4 is 35.0 Å². The van der Waals surface area contributed by atoms with E-state index in [1.807, 2.05) is 0 Å². The van der Waals surface area contributed by atoms with Gasteiger partial charge >= 0.3 is 6.16 Å². The van der Waals surface area contributed by atoms with Crippen LogP contribution in [0.4, 0.5) is 4.79 Å². The number of fused-ring (bicyclic) bond motifs is 1. The highest BCUT2D eigenvalue weighted by molar-refractivity contribution is 6.30. The van der Waals surface area contributed by atoms with Crippen LogP contribution in [0.15, 0.2) is 12.1 Å². The van der Waals surface area contributed by atoms with E-state index in [2.05, 4.69) is 14.9 Å². The summed E-state index contributed by atoms with van der Waals surface area (Å²) in [6.45, 7) is 0. The van der Waals surface area contributed by atoms with Crippen LogP contribution in [0.1, 0.15) is 5.82 Å². The van der Waals surface area contributed by atoms with Crippen molar-refractivity contribution in [1.82, 2.24) is 14.6 Å². The van der Waals surface area contributed by atoms with Crippen LogP contribution < -0.4 is 4.74 Å². The van der Waals surface area contributed by atoms with E-state index in [4.69, 9.17) is 28.3 Å². The standard InChI is InChI=1S/C9H7Cl2N3O3/c10-2-1-7-12-13-8-4-5(17-9(15)16)3-6(11)14(7)8/h3-4H,1-2H2,(H,15,16). The fourth-order valence-electron chi connectivity index (χ4n) is 1.41. The summed E-state index contributed by atoms with van der Waals surface area (Å²) in [5.41, 5.74) is 0.411. The first-order chi connectivity index (χ1) is 8.11. The number of alkyl halides is 1. The molecule has 0 aliphatic carbocycles. The topological polar surface area (TPSA) is 76.7 Å². The van der Waals surface area contributed by atoms with Crippen LogP contribution in [-0.2, 0) is 6.42 Å². The highest BCUT2D eigenvalue weighted by Crippen LogP contribution is 2.22. The molecule has 6 nitrogen and oxygen atoms in total. The number of ether oxygens (including phenoxy) is 1. The molecule has 0 aromatic carbocycles. The van der Waals surface area contributed by atoms with Gasteiger partial charge in [-0.2, -0.15) is 0 Å². The molecule has 0 bridgehead atoms. The Morgan fingerprint density at radius 3 is 2.88 bits per heavy atom. The minimum atomic E-state index is -1.41. The van der Waals surface area contributed by atoms with E-state index >= 15 is 0 Å². The summed E-state index contributed by atoms with van der Waals surface area (Å²) < 4.78 is 6.08. The Labute approximate surface area is 106 Å². The number of hydrogen-bond acceptors (Lipinski definition) is 4. The maximum Gasteiger partial charge on any atom is 0.511 e. The molecule has 0 atom stereocenters. The monoisotopic (exact) mass is 275 g/mol. The van der Waals surface area contributed by atoms with E-state index in [0.717, 1.165) is 0 Å². The summed E-state index contributed by atoms with van der Waals surface area (Å²) in [5, 5.41) is 16.5. The van der Waals surface area contributed by atoms with Gasteiger partial charge in [0.25, 0.3) is 0 Å². The van der Waals surface area contributed by atoms with Crippen molar-refractivity contribution in [2.45, 2.75) is 6.42 Å². The van der Waals surface area contributed by atoms with Gasteiger partial charge in [-0.1, -0.05) is 11.6 Å². The van der Waals surface area contributed by atoms with E-state index in [1.165, 1.54) is 12.1 Å². The third-order valence-corrected chi connectivity index (χ3v) is 2.49. The van der Waals surface area contributed by atoms with E-state index in [1.54, 1.807) is 4.40 Å². The second-order valence-corrected chi connectivity index (χ2v) is 3.90. The Balaban J connectivity index is 2.49. The first-order valence-corrected chi connectivity index (χ1v) is 5.53. The Morgan fingerprint density at radius 1 is 1.47 bits per heavy atom. The summed E-state index contributed by atoms with van der Waals surface area (Å²) in [6.07, 6.45) is -0.896. The lowest BCUT2D eigenvalue weighted by Crippen LogP contribution is -2.04. The van der Waals surface area contributed by atoms with E-state index in [0.29, 0.717) is 23.8 Å². The van der Waals surface area contributed by atoms with Crippen molar-refractivity contribution in [3.8, 4) is 5.75 Å². The number of aryl methyl sites for hydroxylation is 1. The zero-order valence-electron chi connectivity index (χ0n) is 8.43. The molecule has 8 heteroatoms. The number of pyridine rings is 1. The third kappa shape index (κ3) is 2.42. The van der Waals surface area contributed by atoms with Crippen LogP contribution in [0.5, 0.6) is 5.75 Å². The summed E-state index contributed by atoms with van der Waals surface area (Å²) in [5.74, 6) is 1.10. The van der Waals surface area contributed by atoms with Crippen molar-refractivity contribution in [2.75, 3.05) is 5.88 Å². The maximum absolute atomic E-state index is 10.4. The number of carbonyl (C=O) groups is 1. The average Bonchev–Trinajstić information content (AvgIpc) is 2.61. The van der Waals surface area contributed by atoms with Crippen LogP contribution in [0.3, 0.4) is 0 Å². The maximum atomic E-state index is 10.4. The smallest absolute Gasteiger partial charge is 0.449 e. The van der Waals surface area contributed by atoms with Gasteiger partial charge < -0.3 is 9.84 Å². The minimum Gasteiger partial charge on any atom is -0.449 e. The third-order valence-electron chi connectivity index (χ3n) is 2.02. The molecule has 0 fully saturated rings. The van der Waals surface area contributed by atoms with Gasteiger partial charge in [0, 0.05) is 24.4 Å². The van der Waals surface area contributed by atoms with Crippen LogP contribution in [0.2, 0.25) is 5.15 Å². The fourth-order valence-corrected chi connectivity index (χ4v) is 1.87. The molecule has 0 aliphatic rings. The molecule has 2 heterocycles. The van der Waals surface area contributed by atoms with Gasteiger partial charge in [-0.25, -0.2) is 4.79 Å². The molecule has 0 radical (unpaired) electrons. The van der Waals surface area contributed by atoms with Gasteiger partial charge in [-0.15, -0.1) is 21.8 Å². The van der Waals surface area contributed by atoms with Crippen molar-refractivity contribution in [1.29, 1.82) is 0 Å². The summed E-state index contributed by atoms with van der Waals surface area (Å²) >= 11 is 11.6. The molecule has 2 aromatic rings. The van der Waals surface area contributed by atoms with E-state index in [-0.39, 0.29) is 10.9 Å². The second-order valence-electron chi connectivity index (χ2n) is 3.13. The summed E-state index contributed by atoms with van der Waals surface area (Å²) in [6, 6.07) is 2.81. The Hall–Kier alpha value is -1.53. The number of carboxylic acid groups (broad SMARTS) is 1. The van der Waals surface area contributed by atoms with Gasteiger partial charge in [-0.05, 0) is 0 Å². The highest BCUT2D eigenvalue weighted by atomic mass is 35.5. The highest BCUT2D eigenvalue weighted by Gasteiger charge is 2.11. The SMILES string of the molecule is O=C(O)Oc1cc(Cl)n2c(CCCl)nnc2c1. The molecular formula is C9H7Cl2N3O3.